The zero-order valence-corrected chi connectivity index (χ0v) is 15.3. The number of para-hydroxylation sites is 1. The van der Waals surface area contributed by atoms with Gasteiger partial charge in [0, 0.05) is 0 Å². The van der Waals surface area contributed by atoms with E-state index in [2.05, 4.69) is 31.1 Å². The average molecular weight is 397 g/mol. The van der Waals surface area contributed by atoms with Crippen LogP contribution in [0, 0.1) is 5.92 Å². The predicted octanol–water partition coefficient (Wildman–Crippen LogP) is 0.595. The molecule has 11 heteroatoms. The third-order valence-corrected chi connectivity index (χ3v) is 5.95. The number of benzene rings is 1. The topological polar surface area (TPSA) is 131 Å². The molecule has 1 aliphatic heterocycles. The van der Waals surface area contributed by atoms with E-state index in [4.69, 9.17) is 0 Å². The maximum absolute atomic E-state index is 12.5. The number of nitrogens with one attached hydrogen (secondary N) is 3. The fraction of sp³-hybridized carbons (Fsp3) is 0.294. The Morgan fingerprint density at radius 3 is 2.86 bits per heavy atom. The van der Waals surface area contributed by atoms with Gasteiger partial charge in [0.2, 0.25) is 5.13 Å². The zero-order chi connectivity index (χ0) is 19.3. The van der Waals surface area contributed by atoms with Crippen LogP contribution in [0.15, 0.2) is 30.5 Å². The molecule has 142 valence electrons. The van der Waals surface area contributed by atoms with Crippen molar-refractivity contribution in [1.82, 2.24) is 35.9 Å². The van der Waals surface area contributed by atoms with E-state index in [1.165, 1.54) is 22.3 Å². The highest BCUT2D eigenvalue weighted by atomic mass is 32.1. The highest BCUT2D eigenvalue weighted by Gasteiger charge is 2.56. The summed E-state index contributed by atoms with van der Waals surface area (Å²) in [6, 6.07) is 7.13. The Morgan fingerprint density at radius 2 is 2.14 bits per heavy atom. The second-order valence-electron chi connectivity index (χ2n) is 6.82. The number of thiazole rings is 1. The summed E-state index contributed by atoms with van der Waals surface area (Å²) in [4.78, 5) is 42.0. The van der Waals surface area contributed by atoms with E-state index >= 15 is 0 Å². The first-order valence-electron chi connectivity index (χ1n) is 8.75. The van der Waals surface area contributed by atoms with Gasteiger partial charge < -0.3 is 10.6 Å². The van der Waals surface area contributed by atoms with Crippen molar-refractivity contribution in [2.24, 2.45) is 5.92 Å². The number of urea groups is 1. The van der Waals surface area contributed by atoms with E-state index in [1.807, 2.05) is 24.3 Å². The van der Waals surface area contributed by atoms with Gasteiger partial charge in [-0.05, 0) is 30.9 Å². The maximum atomic E-state index is 12.5. The molecule has 1 atom stereocenters. The molecule has 1 aromatic carbocycles. The minimum absolute atomic E-state index is 0.00205. The van der Waals surface area contributed by atoms with Gasteiger partial charge >= 0.3 is 6.03 Å². The highest BCUT2D eigenvalue weighted by Crippen LogP contribution is 2.41. The average Bonchev–Trinajstić information content (AvgIpc) is 3.15. The van der Waals surface area contributed by atoms with Crippen LogP contribution in [0.25, 0.3) is 15.3 Å². The van der Waals surface area contributed by atoms with Crippen molar-refractivity contribution in [3.05, 3.63) is 36.2 Å². The summed E-state index contributed by atoms with van der Waals surface area (Å²) < 4.78 is 0.996. The molecule has 0 bridgehead atoms. The lowest BCUT2D eigenvalue weighted by molar-refractivity contribution is -0.124. The number of aromatic nitrogens is 4. The van der Waals surface area contributed by atoms with Crippen LogP contribution in [-0.2, 0) is 4.79 Å². The molecule has 0 unspecified atom stereocenters. The van der Waals surface area contributed by atoms with Crippen molar-refractivity contribution in [2.45, 2.75) is 18.4 Å². The molecular formula is C17H15N7O3S. The minimum Gasteiger partial charge on any atom is -0.348 e. The normalized spacial score (nSPS) is 21.6. The van der Waals surface area contributed by atoms with Crippen LogP contribution >= 0.6 is 11.3 Å². The van der Waals surface area contributed by atoms with Crippen molar-refractivity contribution >= 4 is 39.4 Å². The monoisotopic (exact) mass is 397 g/mol. The molecule has 4 amide bonds. The molecule has 5 rings (SSSR count). The van der Waals surface area contributed by atoms with E-state index < -0.39 is 23.4 Å². The SMILES string of the molecule is O=C1NC(=O)[C@](CNC(=O)c2cnn(-c3nc4ccccc4s3)n2)(C2CC2)N1. The number of hydrogen-bond acceptors (Lipinski definition) is 7. The standard InChI is InChI=1S/C17H15N7O3S/c25-13(18-8-17(9-5-6-9)14(26)21-15(27)22-17)11-7-19-24(23-11)16-20-10-3-1-2-4-12(10)28-16/h1-4,7,9H,5-6,8H2,(H,18,25)(H2,21,22,26,27)/t17-/m0/s1. The van der Waals surface area contributed by atoms with Crippen molar-refractivity contribution in [1.29, 1.82) is 0 Å². The molecule has 1 saturated carbocycles. The Balaban J connectivity index is 1.32. The Hall–Kier alpha value is -3.34. The third kappa shape index (κ3) is 2.71. The number of rotatable bonds is 5. The van der Waals surface area contributed by atoms with Gasteiger partial charge in [-0.1, -0.05) is 23.5 Å². The highest BCUT2D eigenvalue weighted by molar-refractivity contribution is 7.20. The first kappa shape index (κ1) is 16.8. The maximum Gasteiger partial charge on any atom is 0.322 e. The van der Waals surface area contributed by atoms with Gasteiger partial charge in [0.05, 0.1) is 23.0 Å². The molecule has 3 N–H and O–H groups in total. The molecule has 1 saturated heterocycles. The Kier molecular flexibility index (Phi) is 3.66. The third-order valence-electron chi connectivity index (χ3n) is 4.95. The first-order chi connectivity index (χ1) is 13.5. The van der Waals surface area contributed by atoms with Crippen LogP contribution in [0.4, 0.5) is 4.79 Å². The lowest BCUT2D eigenvalue weighted by atomic mass is 9.93. The van der Waals surface area contributed by atoms with Crippen LogP contribution in [0.1, 0.15) is 23.3 Å². The van der Waals surface area contributed by atoms with Gasteiger partial charge in [-0.15, -0.1) is 9.90 Å². The molecular weight excluding hydrogens is 382 g/mol. The molecule has 0 spiro atoms. The van der Waals surface area contributed by atoms with Crippen molar-refractivity contribution in [3.8, 4) is 5.13 Å². The second kappa shape index (κ2) is 6.09. The van der Waals surface area contributed by atoms with Crippen molar-refractivity contribution < 1.29 is 14.4 Å². The van der Waals surface area contributed by atoms with Gasteiger partial charge in [-0.3, -0.25) is 14.9 Å². The summed E-state index contributed by atoms with van der Waals surface area (Å²) in [7, 11) is 0. The predicted molar refractivity (Wildman–Crippen MR) is 99.0 cm³/mol. The summed E-state index contributed by atoms with van der Waals surface area (Å²) in [5, 5.41) is 16.5. The van der Waals surface area contributed by atoms with Crippen LogP contribution < -0.4 is 16.0 Å². The molecule has 10 nitrogen and oxygen atoms in total. The van der Waals surface area contributed by atoms with E-state index in [-0.39, 0.29) is 18.2 Å². The van der Waals surface area contributed by atoms with E-state index in [1.54, 1.807) is 0 Å². The Morgan fingerprint density at radius 1 is 1.32 bits per heavy atom. The fourth-order valence-corrected chi connectivity index (χ4v) is 4.23. The lowest BCUT2D eigenvalue weighted by Crippen LogP contribution is -2.57. The molecule has 3 aromatic rings. The number of carbonyl (C=O) groups is 3. The fourth-order valence-electron chi connectivity index (χ4n) is 3.35. The van der Waals surface area contributed by atoms with Crippen LogP contribution in [0.5, 0.6) is 0 Å². The van der Waals surface area contributed by atoms with Crippen molar-refractivity contribution in [2.75, 3.05) is 6.54 Å². The van der Waals surface area contributed by atoms with Crippen LogP contribution in [0.2, 0.25) is 0 Å². The summed E-state index contributed by atoms with van der Waals surface area (Å²) in [6.45, 7) is 0.00205. The van der Waals surface area contributed by atoms with Crippen LogP contribution in [-0.4, -0.2) is 49.9 Å². The molecule has 0 radical (unpaired) electrons. The molecule has 2 fully saturated rings. The number of carbonyl (C=O) groups excluding carboxylic acids is 3. The zero-order valence-electron chi connectivity index (χ0n) is 14.5. The largest absolute Gasteiger partial charge is 0.348 e. The van der Waals surface area contributed by atoms with Crippen LogP contribution in [0.3, 0.4) is 0 Å². The van der Waals surface area contributed by atoms with E-state index in [9.17, 15) is 14.4 Å². The van der Waals surface area contributed by atoms with Crippen molar-refractivity contribution in [3.63, 3.8) is 0 Å². The first-order valence-corrected chi connectivity index (χ1v) is 9.57. The van der Waals surface area contributed by atoms with E-state index in [0.29, 0.717) is 5.13 Å². The number of hydrogen-bond donors (Lipinski definition) is 3. The van der Waals surface area contributed by atoms with Gasteiger partial charge in [0.15, 0.2) is 5.69 Å². The number of amides is 4. The number of nitrogens with zero attached hydrogens (tertiary/aromatic N) is 4. The van der Waals surface area contributed by atoms with Gasteiger partial charge in [-0.25, -0.2) is 9.78 Å². The second-order valence-corrected chi connectivity index (χ2v) is 7.83. The Labute approximate surface area is 162 Å². The lowest BCUT2D eigenvalue weighted by Gasteiger charge is -2.25. The molecule has 2 aromatic heterocycles. The molecule has 28 heavy (non-hydrogen) atoms. The summed E-state index contributed by atoms with van der Waals surface area (Å²) in [5.74, 6) is -0.850. The minimum atomic E-state index is -1.09. The number of imide groups is 1. The quantitative estimate of drug-likeness (QED) is 0.540. The summed E-state index contributed by atoms with van der Waals surface area (Å²) in [6.07, 6.45) is 3.01. The summed E-state index contributed by atoms with van der Waals surface area (Å²) >= 11 is 1.42. The van der Waals surface area contributed by atoms with Gasteiger partial charge in [-0.2, -0.15) is 5.10 Å². The molecule has 3 heterocycles. The summed E-state index contributed by atoms with van der Waals surface area (Å²) in [5.41, 5.74) is -0.148. The Bertz CT molecular complexity index is 1090. The number of fused-ring (bicyclic) bond motifs is 1. The smallest absolute Gasteiger partial charge is 0.322 e. The molecule has 2 aliphatic rings. The van der Waals surface area contributed by atoms with Gasteiger partial charge in [0.1, 0.15) is 5.54 Å². The van der Waals surface area contributed by atoms with E-state index in [0.717, 1.165) is 23.1 Å². The van der Waals surface area contributed by atoms with Gasteiger partial charge in [0.25, 0.3) is 11.8 Å². The molecule has 1 aliphatic carbocycles.